The molecule has 0 bridgehead atoms. The normalized spacial score (nSPS) is 13.3. The Bertz CT molecular complexity index is 789. The molecule has 2 aromatic rings. The lowest BCUT2D eigenvalue weighted by Gasteiger charge is -2.28. The zero-order valence-corrected chi connectivity index (χ0v) is 14.3. The van der Waals surface area contributed by atoms with E-state index in [0.29, 0.717) is 23.8 Å². The molecule has 0 saturated carbocycles. The van der Waals surface area contributed by atoms with Crippen LogP contribution in [0, 0.1) is 6.92 Å². The van der Waals surface area contributed by atoms with Crippen LogP contribution < -0.4 is 5.32 Å². The Morgan fingerprint density at radius 3 is 2.67 bits per heavy atom. The van der Waals surface area contributed by atoms with Crippen LogP contribution in [-0.2, 0) is 22.6 Å². The van der Waals surface area contributed by atoms with E-state index in [0.717, 1.165) is 17.5 Å². The zero-order valence-electron chi connectivity index (χ0n) is 13.5. The molecule has 2 aromatic carbocycles. The van der Waals surface area contributed by atoms with Crippen molar-refractivity contribution >= 4 is 29.1 Å². The van der Waals surface area contributed by atoms with Crippen LogP contribution in [0.4, 0.5) is 5.69 Å². The van der Waals surface area contributed by atoms with Gasteiger partial charge in [-0.1, -0.05) is 41.9 Å². The highest BCUT2D eigenvalue weighted by Gasteiger charge is 2.22. The van der Waals surface area contributed by atoms with Crippen molar-refractivity contribution in [3.05, 3.63) is 64.2 Å². The number of nitrogens with one attached hydrogen (secondary N) is 1. The summed E-state index contributed by atoms with van der Waals surface area (Å²) >= 11 is 6.05. The fourth-order valence-electron chi connectivity index (χ4n) is 2.83. The lowest BCUT2D eigenvalue weighted by Crippen LogP contribution is -2.37. The second-order valence-corrected chi connectivity index (χ2v) is 6.43. The van der Waals surface area contributed by atoms with E-state index in [1.54, 1.807) is 17.0 Å². The molecule has 0 aromatic heterocycles. The lowest BCUT2D eigenvalue weighted by atomic mass is 10.00. The van der Waals surface area contributed by atoms with Gasteiger partial charge in [0.2, 0.25) is 11.8 Å². The van der Waals surface area contributed by atoms with Crippen molar-refractivity contribution in [1.29, 1.82) is 0 Å². The van der Waals surface area contributed by atoms with Crippen LogP contribution in [0.25, 0.3) is 0 Å². The Kier molecular flexibility index (Phi) is 4.86. The van der Waals surface area contributed by atoms with Gasteiger partial charge >= 0.3 is 0 Å². The third-order valence-electron chi connectivity index (χ3n) is 4.25. The van der Waals surface area contributed by atoms with Crippen LogP contribution in [0.5, 0.6) is 0 Å². The third kappa shape index (κ3) is 3.77. The highest BCUT2D eigenvalue weighted by Crippen LogP contribution is 2.21. The largest absolute Gasteiger partial charge is 0.338 e. The standard InChI is InChI=1S/C19H19ClN2O2/c1-13-6-7-16(10-17(13)20)21-18(23)11-19(24)22-9-8-14-4-2-3-5-15(14)12-22/h2-7,10H,8-9,11-12H2,1H3,(H,21,23). The number of fused-ring (bicyclic) bond motifs is 1. The van der Waals surface area contributed by atoms with Crippen LogP contribution >= 0.6 is 11.6 Å². The van der Waals surface area contributed by atoms with Crippen LogP contribution in [0.1, 0.15) is 23.1 Å². The molecular weight excluding hydrogens is 324 g/mol. The van der Waals surface area contributed by atoms with Gasteiger partial charge in [0.1, 0.15) is 6.42 Å². The van der Waals surface area contributed by atoms with E-state index in [-0.39, 0.29) is 18.2 Å². The molecule has 3 rings (SSSR count). The quantitative estimate of drug-likeness (QED) is 0.867. The summed E-state index contributed by atoms with van der Waals surface area (Å²) in [5.41, 5.74) is 3.98. The van der Waals surface area contributed by atoms with E-state index in [2.05, 4.69) is 11.4 Å². The molecule has 24 heavy (non-hydrogen) atoms. The van der Waals surface area contributed by atoms with E-state index in [9.17, 15) is 9.59 Å². The van der Waals surface area contributed by atoms with Gasteiger partial charge in [-0.2, -0.15) is 0 Å². The van der Waals surface area contributed by atoms with E-state index < -0.39 is 0 Å². The van der Waals surface area contributed by atoms with Gasteiger partial charge in [0, 0.05) is 23.8 Å². The van der Waals surface area contributed by atoms with E-state index in [4.69, 9.17) is 11.6 Å². The molecule has 1 N–H and O–H groups in total. The number of carbonyl (C=O) groups excluding carboxylic acids is 2. The summed E-state index contributed by atoms with van der Waals surface area (Å²) in [5.74, 6) is -0.473. The Hall–Kier alpha value is -2.33. The molecule has 0 unspecified atom stereocenters. The summed E-state index contributed by atoms with van der Waals surface area (Å²) in [4.78, 5) is 26.2. The molecule has 1 aliphatic heterocycles. The van der Waals surface area contributed by atoms with E-state index >= 15 is 0 Å². The summed E-state index contributed by atoms with van der Waals surface area (Å²) in [6, 6.07) is 13.4. The molecular formula is C19H19ClN2O2. The highest BCUT2D eigenvalue weighted by molar-refractivity contribution is 6.31. The summed E-state index contributed by atoms with van der Waals surface area (Å²) in [6.07, 6.45) is 0.671. The van der Waals surface area contributed by atoms with Crippen LogP contribution in [-0.4, -0.2) is 23.3 Å². The zero-order chi connectivity index (χ0) is 17.1. The minimum Gasteiger partial charge on any atom is -0.338 e. The van der Waals surface area contributed by atoms with Crippen LogP contribution in [0.2, 0.25) is 5.02 Å². The van der Waals surface area contributed by atoms with Gasteiger partial charge in [-0.15, -0.1) is 0 Å². The molecule has 0 aliphatic carbocycles. The van der Waals surface area contributed by atoms with Gasteiger partial charge in [-0.3, -0.25) is 9.59 Å². The van der Waals surface area contributed by atoms with Crippen LogP contribution in [0.3, 0.4) is 0 Å². The summed E-state index contributed by atoms with van der Waals surface area (Å²) in [6.45, 7) is 3.11. The summed E-state index contributed by atoms with van der Waals surface area (Å²) in [5, 5.41) is 3.32. The minimum absolute atomic E-state index is 0.153. The minimum atomic E-state index is -0.321. The Balaban J connectivity index is 1.58. The number of hydrogen-bond acceptors (Lipinski definition) is 2. The van der Waals surface area contributed by atoms with Crippen molar-refractivity contribution in [2.45, 2.75) is 26.3 Å². The maximum atomic E-state index is 12.4. The second-order valence-electron chi connectivity index (χ2n) is 6.02. The number of carbonyl (C=O) groups is 2. The topological polar surface area (TPSA) is 49.4 Å². The first kappa shape index (κ1) is 16.5. The number of nitrogens with zero attached hydrogens (tertiary/aromatic N) is 1. The third-order valence-corrected chi connectivity index (χ3v) is 4.66. The van der Waals surface area contributed by atoms with E-state index in [1.807, 2.05) is 31.2 Å². The molecule has 5 heteroatoms. The van der Waals surface area contributed by atoms with Crippen molar-refractivity contribution in [2.75, 3.05) is 11.9 Å². The van der Waals surface area contributed by atoms with Gasteiger partial charge in [0.05, 0.1) is 0 Å². The van der Waals surface area contributed by atoms with Crippen molar-refractivity contribution in [3.63, 3.8) is 0 Å². The number of hydrogen-bond donors (Lipinski definition) is 1. The number of rotatable bonds is 3. The highest BCUT2D eigenvalue weighted by atomic mass is 35.5. The summed E-state index contributed by atoms with van der Waals surface area (Å²) < 4.78 is 0. The molecule has 0 saturated heterocycles. The van der Waals surface area contributed by atoms with Crippen molar-refractivity contribution in [3.8, 4) is 0 Å². The van der Waals surface area contributed by atoms with Gasteiger partial charge in [0.15, 0.2) is 0 Å². The number of amides is 2. The SMILES string of the molecule is Cc1ccc(NC(=O)CC(=O)N2CCc3ccccc3C2)cc1Cl. The molecule has 2 amide bonds. The molecule has 1 aliphatic rings. The monoisotopic (exact) mass is 342 g/mol. The molecule has 0 radical (unpaired) electrons. The molecule has 1 heterocycles. The molecule has 4 nitrogen and oxygen atoms in total. The number of halogens is 1. The predicted octanol–water partition coefficient (Wildman–Crippen LogP) is 3.56. The van der Waals surface area contributed by atoms with Gasteiger partial charge in [-0.25, -0.2) is 0 Å². The average Bonchev–Trinajstić information content (AvgIpc) is 2.57. The number of benzene rings is 2. The smallest absolute Gasteiger partial charge is 0.233 e. The Morgan fingerprint density at radius 1 is 1.17 bits per heavy atom. The van der Waals surface area contributed by atoms with Crippen molar-refractivity contribution in [2.24, 2.45) is 0 Å². The fraction of sp³-hybridized carbons (Fsp3) is 0.263. The van der Waals surface area contributed by atoms with Crippen molar-refractivity contribution in [1.82, 2.24) is 4.90 Å². The summed E-state index contributed by atoms with van der Waals surface area (Å²) in [7, 11) is 0. The number of aryl methyl sites for hydroxylation is 1. The fourth-order valence-corrected chi connectivity index (χ4v) is 3.01. The molecule has 0 fully saturated rings. The van der Waals surface area contributed by atoms with Gasteiger partial charge in [0.25, 0.3) is 0 Å². The first-order valence-corrected chi connectivity index (χ1v) is 8.31. The molecule has 124 valence electrons. The maximum Gasteiger partial charge on any atom is 0.233 e. The van der Waals surface area contributed by atoms with Crippen LogP contribution in [0.15, 0.2) is 42.5 Å². The molecule has 0 atom stereocenters. The first-order chi connectivity index (χ1) is 11.5. The Labute approximate surface area is 146 Å². The average molecular weight is 343 g/mol. The lowest BCUT2D eigenvalue weighted by molar-refractivity contribution is -0.135. The maximum absolute atomic E-state index is 12.4. The number of anilines is 1. The second kappa shape index (κ2) is 7.05. The van der Waals surface area contributed by atoms with Gasteiger partial charge in [-0.05, 0) is 42.2 Å². The molecule has 0 spiro atoms. The predicted molar refractivity (Wildman–Crippen MR) is 95.0 cm³/mol. The van der Waals surface area contributed by atoms with Gasteiger partial charge < -0.3 is 10.2 Å². The first-order valence-electron chi connectivity index (χ1n) is 7.93. The van der Waals surface area contributed by atoms with E-state index in [1.165, 1.54) is 5.56 Å². The van der Waals surface area contributed by atoms with Crippen molar-refractivity contribution < 1.29 is 9.59 Å². The Morgan fingerprint density at radius 2 is 1.92 bits per heavy atom.